The summed E-state index contributed by atoms with van der Waals surface area (Å²) in [5.74, 6) is -0.128. The summed E-state index contributed by atoms with van der Waals surface area (Å²) >= 11 is 1.38. The molecule has 0 aliphatic carbocycles. The number of ether oxygens (including phenoxy) is 4. The number of hydrogen-bond acceptors (Lipinski definition) is 9. The van der Waals surface area contributed by atoms with Crippen LogP contribution in [0.4, 0.5) is 5.88 Å². The van der Waals surface area contributed by atoms with Crippen LogP contribution in [0, 0.1) is 0 Å². The van der Waals surface area contributed by atoms with Crippen molar-refractivity contribution in [2.75, 3.05) is 26.2 Å². The molecular weight excluding hydrogens is 618 g/mol. The normalized spacial score (nSPS) is 10.8. The minimum Gasteiger partial charge on any atom is -0.497 e. The molecule has 47 heavy (non-hydrogen) atoms. The molecule has 0 bridgehead atoms. The Labute approximate surface area is 274 Å². The molecule has 236 valence electrons. The minimum absolute atomic E-state index is 0.0385. The van der Waals surface area contributed by atoms with Crippen molar-refractivity contribution in [3.05, 3.63) is 114 Å². The SMILES string of the molecule is COc1ccc(-c2cc(OC(C)=O)c3c(-c4cccs4)c(N(C(=O)c4cccc(OC)c4)C(=O)c4cccc(OC)c4)oc3c2)cc1. The highest BCUT2D eigenvalue weighted by Crippen LogP contribution is 2.48. The number of imide groups is 1. The lowest BCUT2D eigenvalue weighted by molar-refractivity contribution is -0.131. The first-order valence-corrected chi connectivity index (χ1v) is 15.3. The fraction of sp³-hybridized carbons (Fsp3) is 0.108. The molecule has 0 spiro atoms. The van der Waals surface area contributed by atoms with Crippen molar-refractivity contribution < 1.29 is 37.7 Å². The second-order valence-corrected chi connectivity index (χ2v) is 11.3. The van der Waals surface area contributed by atoms with E-state index in [0.29, 0.717) is 44.2 Å². The Kier molecular flexibility index (Phi) is 8.77. The molecule has 0 unspecified atom stereocenters. The average molecular weight is 648 g/mol. The Balaban J connectivity index is 1.65. The Morgan fingerprint density at radius 3 is 1.83 bits per heavy atom. The van der Waals surface area contributed by atoms with Crippen molar-refractivity contribution in [1.29, 1.82) is 0 Å². The Hall–Kier alpha value is -5.87. The summed E-state index contributed by atoms with van der Waals surface area (Å²) in [4.78, 5) is 43.0. The van der Waals surface area contributed by atoms with E-state index < -0.39 is 17.8 Å². The van der Waals surface area contributed by atoms with Crippen LogP contribution in [0.25, 0.3) is 32.5 Å². The van der Waals surface area contributed by atoms with Crippen LogP contribution >= 0.6 is 11.3 Å². The molecule has 0 radical (unpaired) electrons. The number of rotatable bonds is 9. The Morgan fingerprint density at radius 2 is 1.30 bits per heavy atom. The summed E-state index contributed by atoms with van der Waals surface area (Å²) in [5.41, 5.74) is 2.58. The topological polar surface area (TPSA) is 105 Å². The molecule has 6 aromatic rings. The Morgan fingerprint density at radius 1 is 0.681 bits per heavy atom. The van der Waals surface area contributed by atoms with Crippen LogP contribution in [0.2, 0.25) is 0 Å². The number of carbonyl (C=O) groups excluding carboxylic acids is 3. The summed E-state index contributed by atoms with van der Waals surface area (Å²) < 4.78 is 28.4. The van der Waals surface area contributed by atoms with Gasteiger partial charge in [-0.2, -0.15) is 0 Å². The molecular formula is C37H29NO8S. The molecule has 10 heteroatoms. The van der Waals surface area contributed by atoms with Gasteiger partial charge in [-0.15, -0.1) is 11.3 Å². The second kappa shape index (κ2) is 13.2. The summed E-state index contributed by atoms with van der Waals surface area (Å²) in [6.07, 6.45) is 0. The van der Waals surface area contributed by atoms with E-state index in [1.54, 1.807) is 67.8 Å². The van der Waals surface area contributed by atoms with E-state index in [2.05, 4.69) is 0 Å². The van der Waals surface area contributed by atoms with Gasteiger partial charge in [-0.05, 0) is 83.2 Å². The number of nitrogens with zero attached hydrogens (tertiary/aromatic N) is 1. The van der Waals surface area contributed by atoms with Gasteiger partial charge < -0.3 is 23.4 Å². The minimum atomic E-state index is -0.655. The average Bonchev–Trinajstić information content (AvgIpc) is 3.76. The van der Waals surface area contributed by atoms with Crippen LogP contribution in [0.1, 0.15) is 27.6 Å². The zero-order valence-electron chi connectivity index (χ0n) is 25.9. The largest absolute Gasteiger partial charge is 0.497 e. The van der Waals surface area contributed by atoms with Crippen LogP contribution in [0.5, 0.6) is 23.0 Å². The first-order chi connectivity index (χ1) is 22.8. The molecule has 9 nitrogen and oxygen atoms in total. The number of fused-ring (bicyclic) bond motifs is 1. The monoisotopic (exact) mass is 647 g/mol. The smallest absolute Gasteiger partial charge is 0.308 e. The predicted octanol–water partition coefficient (Wildman–Crippen LogP) is 8.27. The highest BCUT2D eigenvalue weighted by molar-refractivity contribution is 7.13. The molecule has 2 amide bonds. The van der Waals surface area contributed by atoms with E-state index in [1.807, 2.05) is 41.8 Å². The van der Waals surface area contributed by atoms with Gasteiger partial charge in [-0.3, -0.25) is 14.4 Å². The third-order valence-electron chi connectivity index (χ3n) is 7.42. The van der Waals surface area contributed by atoms with Gasteiger partial charge in [0.25, 0.3) is 11.8 Å². The van der Waals surface area contributed by atoms with Crippen molar-refractivity contribution in [3.8, 4) is 44.6 Å². The molecule has 0 aliphatic rings. The fourth-order valence-corrected chi connectivity index (χ4v) is 5.99. The van der Waals surface area contributed by atoms with E-state index >= 15 is 0 Å². The van der Waals surface area contributed by atoms with Crippen LogP contribution < -0.4 is 23.8 Å². The summed E-state index contributed by atoms with van der Waals surface area (Å²) in [5, 5.41) is 2.30. The number of benzene rings is 4. The van der Waals surface area contributed by atoms with E-state index in [9.17, 15) is 14.4 Å². The van der Waals surface area contributed by atoms with Gasteiger partial charge in [0.15, 0.2) is 0 Å². The van der Waals surface area contributed by atoms with E-state index in [1.165, 1.54) is 32.5 Å². The first kappa shape index (κ1) is 31.1. The summed E-state index contributed by atoms with van der Waals surface area (Å²) in [6, 6.07) is 27.6. The lowest BCUT2D eigenvalue weighted by atomic mass is 10.0. The fourth-order valence-electron chi connectivity index (χ4n) is 5.22. The van der Waals surface area contributed by atoms with Crippen LogP contribution in [-0.2, 0) is 4.79 Å². The summed E-state index contributed by atoms with van der Waals surface area (Å²) in [7, 11) is 4.57. The lowest BCUT2D eigenvalue weighted by Gasteiger charge is -2.20. The maximum atomic E-state index is 14.5. The number of thiophene rings is 1. The number of carbonyl (C=O) groups is 3. The van der Waals surface area contributed by atoms with Gasteiger partial charge in [0.1, 0.15) is 28.6 Å². The quantitative estimate of drug-likeness (QED) is 0.0878. The maximum absolute atomic E-state index is 14.5. The van der Waals surface area contributed by atoms with Crippen LogP contribution in [0.15, 0.2) is 107 Å². The van der Waals surface area contributed by atoms with Gasteiger partial charge >= 0.3 is 5.97 Å². The van der Waals surface area contributed by atoms with Gasteiger partial charge in [0.2, 0.25) is 5.88 Å². The molecule has 0 saturated carbocycles. The lowest BCUT2D eigenvalue weighted by Crippen LogP contribution is -2.37. The maximum Gasteiger partial charge on any atom is 0.308 e. The number of methoxy groups -OCH3 is 3. The molecule has 6 rings (SSSR count). The van der Waals surface area contributed by atoms with Crippen molar-refractivity contribution in [2.45, 2.75) is 6.92 Å². The number of anilines is 1. The van der Waals surface area contributed by atoms with Crippen molar-refractivity contribution in [1.82, 2.24) is 0 Å². The third kappa shape index (κ3) is 6.18. The van der Waals surface area contributed by atoms with E-state index in [-0.39, 0.29) is 22.8 Å². The highest BCUT2D eigenvalue weighted by Gasteiger charge is 2.35. The zero-order chi connectivity index (χ0) is 33.1. The van der Waals surface area contributed by atoms with E-state index in [4.69, 9.17) is 23.4 Å². The standard InChI is InChI=1S/C37H29NO8S/c1-22(39)45-30-20-26(23-13-15-27(42-2)16-14-23)21-31-33(30)34(32-12-7-17-47-32)37(46-31)38(35(40)24-8-5-10-28(18-24)43-3)36(41)25-9-6-11-29(19-25)44-4/h5-21H,1-4H3. The number of furan rings is 1. The molecule has 4 aromatic carbocycles. The number of hydrogen-bond donors (Lipinski definition) is 0. The molecule has 0 N–H and O–H groups in total. The predicted molar refractivity (Wildman–Crippen MR) is 180 cm³/mol. The molecule has 2 heterocycles. The second-order valence-electron chi connectivity index (χ2n) is 10.3. The van der Waals surface area contributed by atoms with Gasteiger partial charge in [-0.25, -0.2) is 4.90 Å². The zero-order valence-corrected chi connectivity index (χ0v) is 26.8. The van der Waals surface area contributed by atoms with Gasteiger partial charge in [-0.1, -0.05) is 30.3 Å². The third-order valence-corrected chi connectivity index (χ3v) is 8.31. The van der Waals surface area contributed by atoms with E-state index in [0.717, 1.165) is 10.5 Å². The number of esters is 1. The van der Waals surface area contributed by atoms with Gasteiger partial charge in [0.05, 0.1) is 32.3 Å². The highest BCUT2D eigenvalue weighted by atomic mass is 32.1. The van der Waals surface area contributed by atoms with Crippen molar-refractivity contribution in [3.63, 3.8) is 0 Å². The van der Waals surface area contributed by atoms with Crippen LogP contribution in [0.3, 0.4) is 0 Å². The van der Waals surface area contributed by atoms with Gasteiger partial charge in [0, 0.05) is 22.9 Å². The van der Waals surface area contributed by atoms with Crippen molar-refractivity contribution in [2.24, 2.45) is 0 Å². The first-order valence-electron chi connectivity index (χ1n) is 14.5. The number of amides is 2. The van der Waals surface area contributed by atoms with Crippen molar-refractivity contribution >= 4 is 46.0 Å². The molecule has 0 saturated heterocycles. The van der Waals surface area contributed by atoms with Crippen LogP contribution in [-0.4, -0.2) is 39.1 Å². The molecule has 2 aromatic heterocycles. The Bertz CT molecular complexity index is 2040. The molecule has 0 atom stereocenters. The molecule has 0 aliphatic heterocycles. The molecule has 0 fully saturated rings. The summed E-state index contributed by atoms with van der Waals surface area (Å²) in [6.45, 7) is 1.31.